The Morgan fingerprint density at radius 1 is 1.47 bits per heavy atom. The Kier molecular flexibility index (Phi) is 4.19. The fourth-order valence-electron chi connectivity index (χ4n) is 1.97. The van der Waals surface area contributed by atoms with Crippen molar-refractivity contribution in [3.8, 4) is 0 Å². The molecular formula is C11H22N2O3S. The molecule has 1 heterocycles. The van der Waals surface area contributed by atoms with E-state index in [9.17, 15) is 13.2 Å². The van der Waals surface area contributed by atoms with Crippen LogP contribution in [0.2, 0.25) is 0 Å². The van der Waals surface area contributed by atoms with Crippen molar-refractivity contribution in [1.29, 1.82) is 0 Å². The van der Waals surface area contributed by atoms with Gasteiger partial charge in [0.05, 0.1) is 5.25 Å². The van der Waals surface area contributed by atoms with Crippen LogP contribution in [0, 0.1) is 5.41 Å². The van der Waals surface area contributed by atoms with Crippen molar-refractivity contribution in [2.75, 3.05) is 13.1 Å². The van der Waals surface area contributed by atoms with Crippen molar-refractivity contribution in [3.05, 3.63) is 0 Å². The summed E-state index contributed by atoms with van der Waals surface area (Å²) < 4.78 is 22.6. The van der Waals surface area contributed by atoms with Crippen LogP contribution < -0.4 is 5.14 Å². The zero-order chi connectivity index (χ0) is 13.3. The molecule has 2 N–H and O–H groups in total. The Hall–Kier alpha value is -0.620. The van der Waals surface area contributed by atoms with Crippen molar-refractivity contribution in [2.24, 2.45) is 10.6 Å². The molecule has 0 aliphatic carbocycles. The Labute approximate surface area is 103 Å². The Morgan fingerprint density at radius 2 is 2.06 bits per heavy atom. The molecule has 5 nitrogen and oxygen atoms in total. The van der Waals surface area contributed by atoms with Gasteiger partial charge in [0.15, 0.2) is 0 Å². The minimum atomic E-state index is -3.54. The standard InChI is InChI=1S/C11H22N2O3S/c1-4-11(2,3)10(14)13-7-5-6-9(8-13)17(12,15)16/h9H,4-8H2,1-3H3,(H2,12,15,16). The lowest BCUT2D eigenvalue weighted by molar-refractivity contribution is -0.141. The van der Waals surface area contributed by atoms with Crippen LogP contribution >= 0.6 is 0 Å². The smallest absolute Gasteiger partial charge is 0.228 e. The molecule has 1 fully saturated rings. The van der Waals surface area contributed by atoms with Gasteiger partial charge >= 0.3 is 0 Å². The lowest BCUT2D eigenvalue weighted by Crippen LogP contribution is -2.50. The summed E-state index contributed by atoms with van der Waals surface area (Å²) in [7, 11) is -3.54. The highest BCUT2D eigenvalue weighted by Crippen LogP contribution is 2.26. The monoisotopic (exact) mass is 262 g/mol. The number of carbonyl (C=O) groups is 1. The van der Waals surface area contributed by atoms with Gasteiger partial charge in [-0.3, -0.25) is 4.79 Å². The van der Waals surface area contributed by atoms with Crippen LogP contribution in [-0.4, -0.2) is 37.6 Å². The first-order valence-corrected chi connectivity index (χ1v) is 7.60. The predicted octanol–water partition coefficient (Wildman–Crippen LogP) is 0.702. The van der Waals surface area contributed by atoms with Gasteiger partial charge in [-0.15, -0.1) is 0 Å². The maximum absolute atomic E-state index is 12.2. The van der Waals surface area contributed by atoms with E-state index in [1.165, 1.54) is 0 Å². The minimum Gasteiger partial charge on any atom is -0.341 e. The van der Waals surface area contributed by atoms with E-state index in [-0.39, 0.29) is 12.5 Å². The Bertz CT molecular complexity index is 390. The van der Waals surface area contributed by atoms with Crippen LogP contribution in [0.25, 0.3) is 0 Å². The van der Waals surface area contributed by atoms with Crippen molar-refractivity contribution in [1.82, 2.24) is 4.90 Å². The molecule has 1 atom stereocenters. The van der Waals surface area contributed by atoms with Gasteiger partial charge in [-0.05, 0) is 19.3 Å². The number of nitrogens with zero attached hydrogens (tertiary/aromatic N) is 1. The van der Waals surface area contributed by atoms with E-state index in [1.807, 2.05) is 20.8 Å². The average Bonchev–Trinajstić information content (AvgIpc) is 2.27. The number of piperidine rings is 1. The van der Waals surface area contributed by atoms with E-state index >= 15 is 0 Å². The topological polar surface area (TPSA) is 80.5 Å². The number of hydrogen-bond acceptors (Lipinski definition) is 3. The minimum absolute atomic E-state index is 0.0216. The van der Waals surface area contributed by atoms with E-state index in [0.29, 0.717) is 19.4 Å². The van der Waals surface area contributed by atoms with E-state index in [2.05, 4.69) is 0 Å². The van der Waals surface area contributed by atoms with Gasteiger partial charge in [0, 0.05) is 18.5 Å². The fraction of sp³-hybridized carbons (Fsp3) is 0.909. The van der Waals surface area contributed by atoms with Gasteiger partial charge in [-0.1, -0.05) is 20.8 Å². The van der Waals surface area contributed by atoms with E-state index in [1.54, 1.807) is 4.90 Å². The Balaban J connectivity index is 2.78. The molecule has 1 saturated heterocycles. The highest BCUT2D eigenvalue weighted by Gasteiger charge is 2.35. The normalized spacial score (nSPS) is 22.6. The third-order valence-corrected chi connectivity index (χ3v) is 4.91. The van der Waals surface area contributed by atoms with Gasteiger partial charge in [0.1, 0.15) is 0 Å². The van der Waals surface area contributed by atoms with Gasteiger partial charge < -0.3 is 4.90 Å². The van der Waals surface area contributed by atoms with E-state index < -0.39 is 20.7 Å². The van der Waals surface area contributed by atoms with Crippen LogP contribution in [0.3, 0.4) is 0 Å². The summed E-state index contributed by atoms with van der Waals surface area (Å²) in [4.78, 5) is 13.9. The van der Waals surface area contributed by atoms with Crippen molar-refractivity contribution in [3.63, 3.8) is 0 Å². The molecule has 0 bridgehead atoms. The van der Waals surface area contributed by atoms with Crippen LogP contribution in [0.15, 0.2) is 0 Å². The molecule has 1 unspecified atom stereocenters. The first-order valence-electron chi connectivity index (χ1n) is 5.99. The van der Waals surface area contributed by atoms with Crippen LogP contribution in [0.1, 0.15) is 40.0 Å². The number of carbonyl (C=O) groups excluding carboxylic acids is 1. The highest BCUT2D eigenvalue weighted by atomic mass is 32.2. The van der Waals surface area contributed by atoms with Crippen molar-refractivity contribution < 1.29 is 13.2 Å². The zero-order valence-electron chi connectivity index (χ0n) is 10.8. The summed E-state index contributed by atoms with van der Waals surface area (Å²) in [5, 5.41) is 4.54. The van der Waals surface area contributed by atoms with Crippen molar-refractivity contribution >= 4 is 15.9 Å². The quantitative estimate of drug-likeness (QED) is 0.813. The first-order chi connectivity index (χ1) is 7.68. The van der Waals surface area contributed by atoms with Crippen LogP contribution in [0.4, 0.5) is 0 Å². The van der Waals surface area contributed by atoms with Gasteiger partial charge in [0.25, 0.3) is 0 Å². The van der Waals surface area contributed by atoms with Crippen LogP contribution in [0.5, 0.6) is 0 Å². The molecule has 1 aliphatic heterocycles. The molecule has 0 radical (unpaired) electrons. The molecule has 1 amide bonds. The summed E-state index contributed by atoms with van der Waals surface area (Å²) in [6.45, 7) is 6.60. The van der Waals surface area contributed by atoms with Crippen LogP contribution in [-0.2, 0) is 14.8 Å². The van der Waals surface area contributed by atoms with Gasteiger partial charge in [0.2, 0.25) is 15.9 Å². The third-order valence-electron chi connectivity index (χ3n) is 3.59. The zero-order valence-corrected chi connectivity index (χ0v) is 11.6. The maximum atomic E-state index is 12.2. The fourth-order valence-corrected chi connectivity index (χ4v) is 2.85. The summed E-state index contributed by atoms with van der Waals surface area (Å²) in [5.74, 6) is 0.0216. The molecule has 6 heteroatoms. The summed E-state index contributed by atoms with van der Waals surface area (Å²) in [5.41, 5.74) is -0.430. The number of hydrogen-bond donors (Lipinski definition) is 1. The Morgan fingerprint density at radius 3 is 2.53 bits per heavy atom. The highest BCUT2D eigenvalue weighted by molar-refractivity contribution is 7.89. The molecule has 0 saturated carbocycles. The largest absolute Gasteiger partial charge is 0.341 e. The first kappa shape index (κ1) is 14.4. The SMILES string of the molecule is CCC(C)(C)C(=O)N1CCCC(S(N)(=O)=O)C1. The lowest BCUT2D eigenvalue weighted by atomic mass is 9.88. The summed E-state index contributed by atoms with van der Waals surface area (Å²) in [6.07, 6.45) is 1.99. The number of likely N-dealkylation sites (tertiary alicyclic amines) is 1. The number of sulfonamides is 1. The molecular weight excluding hydrogens is 240 g/mol. The summed E-state index contributed by atoms with van der Waals surface area (Å²) >= 11 is 0. The molecule has 0 spiro atoms. The average molecular weight is 262 g/mol. The van der Waals surface area contributed by atoms with E-state index in [4.69, 9.17) is 5.14 Å². The number of nitrogens with two attached hydrogens (primary N) is 1. The second-order valence-electron chi connectivity index (χ2n) is 5.34. The number of amides is 1. The molecule has 0 aromatic heterocycles. The molecule has 17 heavy (non-hydrogen) atoms. The third kappa shape index (κ3) is 3.42. The van der Waals surface area contributed by atoms with Gasteiger partial charge in [-0.25, -0.2) is 13.6 Å². The molecule has 100 valence electrons. The number of primary sulfonamides is 1. The molecule has 0 aromatic rings. The second kappa shape index (κ2) is 4.94. The second-order valence-corrected chi connectivity index (χ2v) is 7.19. The van der Waals surface area contributed by atoms with Crippen molar-refractivity contribution in [2.45, 2.75) is 45.3 Å². The number of rotatable bonds is 3. The lowest BCUT2D eigenvalue weighted by Gasteiger charge is -2.36. The van der Waals surface area contributed by atoms with E-state index in [0.717, 1.165) is 6.42 Å². The summed E-state index contributed by atoms with van der Waals surface area (Å²) in [6, 6.07) is 0. The maximum Gasteiger partial charge on any atom is 0.228 e. The predicted molar refractivity (Wildman–Crippen MR) is 66.8 cm³/mol. The molecule has 1 rings (SSSR count). The molecule has 0 aromatic carbocycles. The van der Waals surface area contributed by atoms with Gasteiger partial charge in [-0.2, -0.15) is 0 Å². The molecule has 1 aliphatic rings.